The molecule has 1 unspecified atom stereocenters. The fraction of sp³-hybridized carbons (Fsp3) is 0.263. The Balaban J connectivity index is 1.54. The second-order valence-corrected chi connectivity index (χ2v) is 6.51. The van der Waals surface area contributed by atoms with E-state index in [1.54, 1.807) is 4.90 Å². The maximum Gasteiger partial charge on any atom is 0.308 e. The van der Waals surface area contributed by atoms with Crippen molar-refractivity contribution in [1.29, 1.82) is 0 Å². The summed E-state index contributed by atoms with van der Waals surface area (Å²) in [5.41, 5.74) is 1.97. The molecule has 3 rings (SSSR count). The van der Waals surface area contributed by atoms with Gasteiger partial charge in [-0.05, 0) is 35.4 Å². The summed E-state index contributed by atoms with van der Waals surface area (Å²) >= 11 is 5.85. The van der Waals surface area contributed by atoms with Crippen molar-refractivity contribution in [3.05, 3.63) is 64.7 Å². The molecule has 1 saturated heterocycles. The maximum atomic E-state index is 11.9. The summed E-state index contributed by atoms with van der Waals surface area (Å²) in [6.07, 6.45) is 0.0810. The summed E-state index contributed by atoms with van der Waals surface area (Å²) < 4.78 is 5.73. The van der Waals surface area contributed by atoms with Gasteiger partial charge in [0.25, 0.3) is 0 Å². The smallest absolute Gasteiger partial charge is 0.308 e. The minimum atomic E-state index is -0.915. The van der Waals surface area contributed by atoms with E-state index in [-0.39, 0.29) is 18.9 Å². The van der Waals surface area contributed by atoms with E-state index in [4.69, 9.17) is 21.4 Å². The third kappa shape index (κ3) is 4.51. The third-order valence-corrected chi connectivity index (χ3v) is 4.43. The zero-order chi connectivity index (χ0) is 17.8. The second-order valence-electron chi connectivity index (χ2n) is 6.07. The molecule has 25 heavy (non-hydrogen) atoms. The van der Waals surface area contributed by atoms with Crippen LogP contribution in [-0.2, 0) is 22.7 Å². The van der Waals surface area contributed by atoms with Gasteiger partial charge in [-0.3, -0.25) is 9.59 Å². The lowest BCUT2D eigenvalue weighted by molar-refractivity contribution is -0.141. The Kier molecular flexibility index (Phi) is 5.24. The van der Waals surface area contributed by atoms with E-state index in [2.05, 4.69) is 0 Å². The molecule has 1 aliphatic rings. The largest absolute Gasteiger partial charge is 0.489 e. The van der Waals surface area contributed by atoms with Crippen LogP contribution in [0.1, 0.15) is 17.5 Å². The van der Waals surface area contributed by atoms with Crippen LogP contribution < -0.4 is 4.74 Å². The summed E-state index contributed by atoms with van der Waals surface area (Å²) in [4.78, 5) is 24.5. The Bertz CT molecular complexity index is 758. The summed E-state index contributed by atoms with van der Waals surface area (Å²) in [5, 5.41) is 9.71. The number of carbonyl (C=O) groups excluding carboxylic acids is 1. The Morgan fingerprint density at radius 3 is 2.36 bits per heavy atom. The van der Waals surface area contributed by atoms with Crippen molar-refractivity contribution in [2.24, 2.45) is 5.92 Å². The minimum Gasteiger partial charge on any atom is -0.489 e. The van der Waals surface area contributed by atoms with E-state index >= 15 is 0 Å². The number of amides is 1. The van der Waals surface area contributed by atoms with Crippen molar-refractivity contribution < 1.29 is 19.4 Å². The summed E-state index contributed by atoms with van der Waals surface area (Å²) in [6.45, 7) is 1.13. The molecule has 1 atom stereocenters. The number of carboxylic acids is 1. The zero-order valence-electron chi connectivity index (χ0n) is 13.5. The first-order valence-corrected chi connectivity index (χ1v) is 8.36. The monoisotopic (exact) mass is 359 g/mol. The van der Waals surface area contributed by atoms with Crippen LogP contribution in [0.2, 0.25) is 5.02 Å². The second kappa shape index (κ2) is 7.57. The van der Waals surface area contributed by atoms with Gasteiger partial charge >= 0.3 is 5.97 Å². The van der Waals surface area contributed by atoms with Crippen molar-refractivity contribution in [2.45, 2.75) is 19.6 Å². The van der Waals surface area contributed by atoms with Crippen LogP contribution in [0, 0.1) is 5.92 Å². The van der Waals surface area contributed by atoms with Crippen LogP contribution in [0.3, 0.4) is 0 Å². The molecule has 0 radical (unpaired) electrons. The number of hydrogen-bond donors (Lipinski definition) is 1. The lowest BCUT2D eigenvalue weighted by Crippen LogP contribution is -2.25. The highest BCUT2D eigenvalue weighted by atomic mass is 35.5. The first kappa shape index (κ1) is 17.3. The predicted octanol–water partition coefficient (Wildman–Crippen LogP) is 3.35. The highest BCUT2D eigenvalue weighted by Crippen LogP contribution is 2.22. The Morgan fingerprint density at radius 2 is 1.76 bits per heavy atom. The van der Waals surface area contributed by atoms with Gasteiger partial charge in [0.05, 0.1) is 5.92 Å². The average molecular weight is 360 g/mol. The average Bonchev–Trinajstić information content (AvgIpc) is 2.97. The molecule has 0 spiro atoms. The number of carbonyl (C=O) groups is 2. The van der Waals surface area contributed by atoms with Crippen LogP contribution >= 0.6 is 11.6 Å². The number of aliphatic carboxylic acids is 1. The van der Waals surface area contributed by atoms with E-state index in [1.165, 1.54) is 0 Å². The highest BCUT2D eigenvalue weighted by molar-refractivity contribution is 6.30. The minimum absolute atomic E-state index is 0.0810. The molecule has 6 heteroatoms. The molecule has 1 heterocycles. The van der Waals surface area contributed by atoms with Gasteiger partial charge in [-0.1, -0.05) is 35.9 Å². The molecule has 1 fully saturated rings. The SMILES string of the molecule is O=C(O)C1CC(=O)N(Cc2ccc(OCc3ccc(Cl)cc3)cc2)C1. The summed E-state index contributed by atoms with van der Waals surface area (Å²) in [5.74, 6) is -0.901. The lowest BCUT2D eigenvalue weighted by Gasteiger charge is -2.16. The molecule has 130 valence electrons. The Hall–Kier alpha value is -2.53. The number of carboxylic acid groups (broad SMARTS) is 1. The number of rotatable bonds is 6. The van der Waals surface area contributed by atoms with Crippen molar-refractivity contribution in [1.82, 2.24) is 4.90 Å². The van der Waals surface area contributed by atoms with Gasteiger partial charge in [-0.25, -0.2) is 0 Å². The molecule has 0 aromatic heterocycles. The molecule has 0 saturated carbocycles. The standard InChI is InChI=1S/C19H18ClNO4/c20-16-5-1-14(2-6-16)12-25-17-7-3-13(4-8-17)10-21-11-15(19(23)24)9-18(21)22/h1-8,15H,9-12H2,(H,23,24). The fourth-order valence-corrected chi connectivity index (χ4v) is 2.88. The first-order valence-electron chi connectivity index (χ1n) is 7.98. The third-order valence-electron chi connectivity index (χ3n) is 4.18. The number of ether oxygens (including phenoxy) is 1. The highest BCUT2D eigenvalue weighted by Gasteiger charge is 2.33. The van der Waals surface area contributed by atoms with E-state index in [9.17, 15) is 9.59 Å². The molecular weight excluding hydrogens is 342 g/mol. The number of halogens is 1. The van der Waals surface area contributed by atoms with Crippen molar-refractivity contribution in [3.8, 4) is 5.75 Å². The van der Waals surface area contributed by atoms with Crippen molar-refractivity contribution in [2.75, 3.05) is 6.54 Å². The molecule has 0 aliphatic carbocycles. The molecule has 2 aromatic rings. The van der Waals surface area contributed by atoms with Crippen LogP contribution in [0.4, 0.5) is 0 Å². The van der Waals surface area contributed by atoms with E-state index in [0.717, 1.165) is 16.9 Å². The molecule has 1 N–H and O–H groups in total. The van der Waals surface area contributed by atoms with Gasteiger partial charge in [0.2, 0.25) is 5.91 Å². The van der Waals surface area contributed by atoms with E-state index in [0.29, 0.717) is 18.2 Å². The maximum absolute atomic E-state index is 11.9. The molecule has 2 aromatic carbocycles. The van der Waals surface area contributed by atoms with Crippen molar-refractivity contribution >= 4 is 23.5 Å². The predicted molar refractivity (Wildman–Crippen MR) is 93.4 cm³/mol. The van der Waals surface area contributed by atoms with E-state index < -0.39 is 11.9 Å². The van der Waals surface area contributed by atoms with Gasteiger partial charge in [-0.15, -0.1) is 0 Å². The number of benzene rings is 2. The van der Waals surface area contributed by atoms with Gasteiger partial charge in [0.1, 0.15) is 12.4 Å². The van der Waals surface area contributed by atoms with Crippen LogP contribution in [0.25, 0.3) is 0 Å². The Labute approximate surface area is 150 Å². The van der Waals surface area contributed by atoms with Crippen LogP contribution in [0.15, 0.2) is 48.5 Å². The quantitative estimate of drug-likeness (QED) is 0.858. The first-order chi connectivity index (χ1) is 12.0. The van der Waals surface area contributed by atoms with Gasteiger partial charge < -0.3 is 14.7 Å². The van der Waals surface area contributed by atoms with Gasteiger partial charge in [-0.2, -0.15) is 0 Å². The molecule has 0 bridgehead atoms. The molecule has 5 nitrogen and oxygen atoms in total. The molecule has 1 aliphatic heterocycles. The number of likely N-dealkylation sites (tertiary alicyclic amines) is 1. The van der Waals surface area contributed by atoms with E-state index in [1.807, 2.05) is 48.5 Å². The lowest BCUT2D eigenvalue weighted by atomic mass is 10.1. The van der Waals surface area contributed by atoms with Crippen LogP contribution in [0.5, 0.6) is 5.75 Å². The van der Waals surface area contributed by atoms with Crippen molar-refractivity contribution in [3.63, 3.8) is 0 Å². The van der Waals surface area contributed by atoms with Gasteiger partial charge in [0.15, 0.2) is 0 Å². The summed E-state index contributed by atoms with van der Waals surface area (Å²) in [7, 11) is 0. The summed E-state index contributed by atoms with van der Waals surface area (Å²) in [6, 6.07) is 14.9. The molecule has 1 amide bonds. The fourth-order valence-electron chi connectivity index (χ4n) is 2.75. The van der Waals surface area contributed by atoms with Gasteiger partial charge in [0, 0.05) is 24.5 Å². The van der Waals surface area contributed by atoms with Crippen LogP contribution in [-0.4, -0.2) is 28.4 Å². The topological polar surface area (TPSA) is 66.8 Å². The Morgan fingerprint density at radius 1 is 1.12 bits per heavy atom. The zero-order valence-corrected chi connectivity index (χ0v) is 14.3. The normalized spacial score (nSPS) is 16.9. The number of nitrogens with zero attached hydrogens (tertiary/aromatic N) is 1. The molecular formula is C19H18ClNO4. The number of hydrogen-bond acceptors (Lipinski definition) is 3.